The normalized spacial score (nSPS) is 21.4. The number of hydrogen-bond donors (Lipinski definition) is 1. The van der Waals surface area contributed by atoms with E-state index < -0.39 is 16.7 Å². The Bertz CT molecular complexity index is 480. The fourth-order valence-electron chi connectivity index (χ4n) is 1.49. The molecule has 0 spiro atoms. The standard InChI is InChI=1S/C9H20N3O4PS2/c1-4-8-18-17(13,16-5-2)12-7-6-10-9(12)11-19(3,14)15/h4-8H2,1-3H3,(H,10,11). The van der Waals surface area contributed by atoms with Crippen LogP contribution >= 0.6 is 18.1 Å². The van der Waals surface area contributed by atoms with Gasteiger partial charge in [-0.05, 0) is 24.7 Å². The van der Waals surface area contributed by atoms with Gasteiger partial charge in [-0.25, -0.2) is 8.42 Å². The Morgan fingerprint density at radius 3 is 2.74 bits per heavy atom. The van der Waals surface area contributed by atoms with Crippen LogP contribution in [0.2, 0.25) is 0 Å². The molecule has 19 heavy (non-hydrogen) atoms. The molecule has 0 aliphatic carbocycles. The van der Waals surface area contributed by atoms with E-state index in [9.17, 15) is 13.0 Å². The van der Waals surface area contributed by atoms with Gasteiger partial charge in [0.1, 0.15) is 0 Å². The summed E-state index contributed by atoms with van der Waals surface area (Å²) in [5, 5.41) is 2.83. The van der Waals surface area contributed by atoms with Gasteiger partial charge < -0.3 is 9.84 Å². The third kappa shape index (κ3) is 4.98. The van der Waals surface area contributed by atoms with E-state index in [1.54, 1.807) is 6.92 Å². The lowest BCUT2D eigenvalue weighted by Crippen LogP contribution is -2.28. The summed E-state index contributed by atoms with van der Waals surface area (Å²) in [5.41, 5.74) is 0. The highest BCUT2D eigenvalue weighted by molar-refractivity contribution is 8.56. The highest BCUT2D eigenvalue weighted by atomic mass is 32.7. The van der Waals surface area contributed by atoms with Crippen LogP contribution in [0.15, 0.2) is 4.40 Å². The van der Waals surface area contributed by atoms with Crippen molar-refractivity contribution in [2.45, 2.75) is 20.3 Å². The van der Waals surface area contributed by atoms with Gasteiger partial charge in [-0.2, -0.15) is 0 Å². The van der Waals surface area contributed by atoms with Crippen molar-refractivity contribution in [3.05, 3.63) is 0 Å². The van der Waals surface area contributed by atoms with Gasteiger partial charge in [-0.3, -0.25) is 9.24 Å². The van der Waals surface area contributed by atoms with Crippen LogP contribution in [0, 0.1) is 0 Å². The average Bonchev–Trinajstić information content (AvgIpc) is 2.73. The SMILES string of the molecule is CCCSP(=O)(OCC)N1CCNC1=NS(C)(=O)=O. The molecule has 7 nitrogen and oxygen atoms in total. The fourth-order valence-corrected chi connectivity index (χ4v) is 6.49. The van der Waals surface area contributed by atoms with Crippen LogP contribution < -0.4 is 5.32 Å². The van der Waals surface area contributed by atoms with Crippen molar-refractivity contribution in [2.75, 3.05) is 31.7 Å². The maximum Gasteiger partial charge on any atom is 0.355 e. The molecule has 0 bridgehead atoms. The molecule has 1 fully saturated rings. The van der Waals surface area contributed by atoms with Crippen molar-refractivity contribution in [1.82, 2.24) is 9.99 Å². The molecule has 0 amide bonds. The number of guanidine groups is 1. The molecule has 0 radical (unpaired) electrons. The first-order chi connectivity index (χ1) is 8.82. The largest absolute Gasteiger partial charge is 0.355 e. The molecule has 1 rings (SSSR count). The van der Waals surface area contributed by atoms with Crippen molar-refractivity contribution >= 4 is 34.1 Å². The van der Waals surface area contributed by atoms with Crippen molar-refractivity contribution in [1.29, 1.82) is 0 Å². The van der Waals surface area contributed by atoms with E-state index in [0.29, 0.717) is 25.4 Å². The third-order valence-corrected chi connectivity index (χ3v) is 7.57. The Kier molecular flexibility index (Phi) is 6.16. The molecule has 1 aliphatic rings. The summed E-state index contributed by atoms with van der Waals surface area (Å²) in [4.78, 5) is 0. The average molecular weight is 329 g/mol. The van der Waals surface area contributed by atoms with E-state index in [-0.39, 0.29) is 5.96 Å². The summed E-state index contributed by atoms with van der Waals surface area (Å²) >= 11 is 1.22. The first-order valence-electron chi connectivity index (χ1n) is 6.03. The second-order valence-electron chi connectivity index (χ2n) is 3.92. The molecule has 1 N–H and O–H groups in total. The Labute approximate surface area is 118 Å². The van der Waals surface area contributed by atoms with Crippen LogP contribution in [-0.2, 0) is 19.1 Å². The second-order valence-corrected chi connectivity index (χ2v) is 10.1. The number of sulfonamides is 1. The van der Waals surface area contributed by atoms with Gasteiger partial charge in [0.05, 0.1) is 12.9 Å². The third-order valence-electron chi connectivity index (χ3n) is 2.15. The lowest BCUT2D eigenvalue weighted by atomic mass is 10.6. The molecule has 1 unspecified atom stereocenters. The van der Waals surface area contributed by atoms with Gasteiger partial charge in [0.25, 0.3) is 10.0 Å². The van der Waals surface area contributed by atoms with E-state index in [1.807, 2.05) is 6.92 Å². The summed E-state index contributed by atoms with van der Waals surface area (Å²) in [5.74, 6) is 0.794. The summed E-state index contributed by atoms with van der Waals surface area (Å²) in [6, 6.07) is 0. The van der Waals surface area contributed by atoms with Crippen LogP contribution in [0.5, 0.6) is 0 Å². The summed E-state index contributed by atoms with van der Waals surface area (Å²) < 4.78 is 45.7. The molecule has 10 heteroatoms. The zero-order chi connectivity index (χ0) is 14.5. The molecule has 1 saturated heterocycles. The van der Waals surface area contributed by atoms with Crippen LogP contribution in [0.4, 0.5) is 0 Å². The number of hydrogen-bond acceptors (Lipinski definition) is 5. The Balaban J connectivity index is 3.01. The lowest BCUT2D eigenvalue weighted by molar-refractivity contribution is 0.320. The number of nitrogens with one attached hydrogen (secondary N) is 1. The lowest BCUT2D eigenvalue weighted by Gasteiger charge is -2.26. The highest BCUT2D eigenvalue weighted by Crippen LogP contribution is 2.63. The summed E-state index contributed by atoms with van der Waals surface area (Å²) in [7, 11) is -3.54. The van der Waals surface area contributed by atoms with Gasteiger partial charge in [0.2, 0.25) is 5.96 Å². The van der Waals surface area contributed by atoms with Gasteiger partial charge in [-0.1, -0.05) is 6.92 Å². The smallest absolute Gasteiger partial charge is 0.353 e. The van der Waals surface area contributed by atoms with Crippen LogP contribution in [0.25, 0.3) is 0 Å². The van der Waals surface area contributed by atoms with E-state index in [4.69, 9.17) is 4.52 Å². The zero-order valence-corrected chi connectivity index (χ0v) is 13.9. The topological polar surface area (TPSA) is 88.1 Å². The monoisotopic (exact) mass is 329 g/mol. The van der Waals surface area contributed by atoms with Gasteiger partial charge in [0.15, 0.2) is 0 Å². The van der Waals surface area contributed by atoms with Crippen molar-refractivity contribution in [2.24, 2.45) is 4.40 Å². The van der Waals surface area contributed by atoms with E-state index in [1.165, 1.54) is 16.1 Å². The fraction of sp³-hybridized carbons (Fsp3) is 0.889. The van der Waals surface area contributed by atoms with E-state index in [0.717, 1.165) is 12.7 Å². The Morgan fingerprint density at radius 1 is 1.53 bits per heavy atom. The van der Waals surface area contributed by atoms with Gasteiger partial charge in [-0.15, -0.1) is 4.40 Å². The number of nitrogens with zero attached hydrogens (tertiary/aromatic N) is 2. The maximum atomic E-state index is 12.8. The molecular formula is C9H20N3O4PS2. The number of rotatable bonds is 7. The molecule has 0 saturated carbocycles. The Morgan fingerprint density at radius 2 is 2.21 bits per heavy atom. The molecule has 1 heterocycles. The second kappa shape index (κ2) is 6.97. The predicted molar refractivity (Wildman–Crippen MR) is 79.0 cm³/mol. The minimum absolute atomic E-state index is 0.114. The predicted octanol–water partition coefficient (Wildman–Crippen LogP) is 1.50. The maximum absolute atomic E-state index is 12.8. The van der Waals surface area contributed by atoms with Crippen LogP contribution in [-0.4, -0.2) is 50.8 Å². The first kappa shape index (κ1) is 16.8. The van der Waals surface area contributed by atoms with Crippen LogP contribution in [0.1, 0.15) is 20.3 Å². The van der Waals surface area contributed by atoms with E-state index in [2.05, 4.69) is 9.71 Å². The molecule has 0 aromatic heterocycles. The van der Waals surface area contributed by atoms with Crippen molar-refractivity contribution < 1.29 is 17.5 Å². The van der Waals surface area contributed by atoms with Gasteiger partial charge >= 0.3 is 6.72 Å². The quantitative estimate of drug-likeness (QED) is 0.708. The molecule has 0 aromatic carbocycles. The minimum atomic E-state index is -3.54. The molecule has 0 aromatic rings. The summed E-state index contributed by atoms with van der Waals surface area (Å²) in [6.07, 6.45) is 1.87. The van der Waals surface area contributed by atoms with Crippen molar-refractivity contribution in [3.8, 4) is 0 Å². The van der Waals surface area contributed by atoms with E-state index >= 15 is 0 Å². The molecular weight excluding hydrogens is 309 g/mol. The van der Waals surface area contributed by atoms with Crippen LogP contribution in [0.3, 0.4) is 0 Å². The molecule has 1 atom stereocenters. The zero-order valence-electron chi connectivity index (χ0n) is 11.3. The van der Waals surface area contributed by atoms with Crippen molar-refractivity contribution in [3.63, 3.8) is 0 Å². The molecule has 112 valence electrons. The first-order valence-corrected chi connectivity index (χ1v) is 11.0. The molecule has 1 aliphatic heterocycles. The Hall–Kier alpha value is -0.240. The van der Waals surface area contributed by atoms with Gasteiger partial charge in [0, 0.05) is 18.8 Å². The summed E-state index contributed by atoms with van der Waals surface area (Å²) in [6.45, 7) is 1.83. The minimum Gasteiger partial charge on any atom is -0.353 e. The highest BCUT2D eigenvalue weighted by Gasteiger charge is 2.38.